The van der Waals surface area contributed by atoms with Crippen LogP contribution < -0.4 is 5.32 Å². The monoisotopic (exact) mass is 268 g/mol. The molecule has 1 aromatic carbocycles. The lowest BCUT2D eigenvalue weighted by Gasteiger charge is -2.20. The highest BCUT2D eigenvalue weighted by Gasteiger charge is 2.64. The fraction of sp³-hybridized carbons (Fsp3) is 0.385. The number of hydrogen-bond donors (Lipinski definition) is 1. The van der Waals surface area contributed by atoms with Crippen molar-refractivity contribution in [2.75, 3.05) is 0 Å². The summed E-state index contributed by atoms with van der Waals surface area (Å²) in [5.74, 6) is -0.653. The van der Waals surface area contributed by atoms with Gasteiger partial charge in [-0.05, 0) is 30.5 Å². The van der Waals surface area contributed by atoms with Gasteiger partial charge in [0.1, 0.15) is 5.54 Å². The van der Waals surface area contributed by atoms with Crippen molar-refractivity contribution in [3.8, 4) is 6.07 Å². The van der Waals surface area contributed by atoms with Gasteiger partial charge >= 0.3 is 6.18 Å². The summed E-state index contributed by atoms with van der Waals surface area (Å²) in [6.45, 7) is 0. The van der Waals surface area contributed by atoms with Crippen LogP contribution in [0, 0.1) is 11.3 Å². The summed E-state index contributed by atoms with van der Waals surface area (Å²) in [6.07, 6.45) is -4.64. The molecular weight excluding hydrogens is 257 g/mol. The van der Waals surface area contributed by atoms with Crippen molar-refractivity contribution >= 4 is 5.91 Å². The number of alkyl halides is 3. The molecule has 1 aromatic rings. The van der Waals surface area contributed by atoms with Crippen LogP contribution in [0.15, 0.2) is 24.3 Å². The smallest absolute Gasteiger partial charge is 0.342 e. The van der Waals surface area contributed by atoms with Crippen LogP contribution in [0.5, 0.6) is 0 Å². The lowest BCUT2D eigenvalue weighted by molar-refractivity contribution is -0.170. The van der Waals surface area contributed by atoms with Crippen molar-refractivity contribution in [1.29, 1.82) is 5.26 Å². The normalized spacial score (nSPS) is 16.5. The first-order valence-corrected chi connectivity index (χ1v) is 5.73. The van der Waals surface area contributed by atoms with Crippen LogP contribution in [0.2, 0.25) is 0 Å². The summed E-state index contributed by atoms with van der Waals surface area (Å²) in [5, 5.41) is 10.7. The van der Waals surface area contributed by atoms with Crippen LogP contribution in [0.1, 0.15) is 24.0 Å². The second-order valence-electron chi connectivity index (χ2n) is 4.61. The Morgan fingerprint density at radius 2 is 1.89 bits per heavy atom. The highest BCUT2D eigenvalue weighted by Crippen LogP contribution is 2.48. The molecule has 0 atom stereocenters. The molecule has 1 amide bonds. The van der Waals surface area contributed by atoms with Gasteiger partial charge in [0.25, 0.3) is 0 Å². The molecule has 0 aromatic heterocycles. The largest absolute Gasteiger partial charge is 0.411 e. The molecule has 2 rings (SSSR count). The van der Waals surface area contributed by atoms with E-state index in [1.165, 1.54) is 12.1 Å². The van der Waals surface area contributed by atoms with Gasteiger partial charge < -0.3 is 5.32 Å². The third-order valence-corrected chi connectivity index (χ3v) is 3.12. The van der Waals surface area contributed by atoms with Crippen LogP contribution >= 0.6 is 0 Å². The minimum atomic E-state index is -4.40. The summed E-state index contributed by atoms with van der Waals surface area (Å²) in [4.78, 5) is 11.6. The van der Waals surface area contributed by atoms with E-state index in [9.17, 15) is 18.0 Å². The zero-order valence-electron chi connectivity index (χ0n) is 9.92. The van der Waals surface area contributed by atoms with Crippen molar-refractivity contribution in [3.63, 3.8) is 0 Å². The summed E-state index contributed by atoms with van der Waals surface area (Å²) in [7, 11) is 0. The lowest BCUT2D eigenvalue weighted by Crippen LogP contribution is -2.48. The van der Waals surface area contributed by atoms with Gasteiger partial charge in [-0.2, -0.15) is 18.4 Å². The molecule has 0 unspecified atom stereocenters. The molecule has 100 valence electrons. The van der Waals surface area contributed by atoms with Gasteiger partial charge in [0.2, 0.25) is 5.91 Å². The number of benzene rings is 1. The average Bonchev–Trinajstić information content (AvgIpc) is 3.10. The first kappa shape index (κ1) is 13.4. The number of amides is 1. The first-order chi connectivity index (χ1) is 8.86. The van der Waals surface area contributed by atoms with E-state index in [0.717, 1.165) is 0 Å². The maximum Gasteiger partial charge on any atom is 0.411 e. The SMILES string of the molecule is N#Cc1ccc(CC(=O)NC2(C(F)(F)F)CC2)cc1. The Bertz CT molecular complexity index is 524. The summed E-state index contributed by atoms with van der Waals surface area (Å²) < 4.78 is 37.9. The first-order valence-electron chi connectivity index (χ1n) is 5.73. The predicted molar refractivity (Wildman–Crippen MR) is 61.0 cm³/mol. The van der Waals surface area contributed by atoms with Crippen molar-refractivity contribution in [1.82, 2.24) is 5.32 Å². The zero-order chi connectivity index (χ0) is 14.1. The number of hydrogen-bond acceptors (Lipinski definition) is 2. The molecule has 1 aliphatic carbocycles. The number of halogens is 3. The molecule has 0 saturated heterocycles. The summed E-state index contributed by atoms with van der Waals surface area (Å²) in [5.41, 5.74) is -0.996. The molecule has 1 fully saturated rings. The van der Waals surface area contributed by atoms with Crippen LogP contribution in [0.3, 0.4) is 0 Å². The van der Waals surface area contributed by atoms with E-state index in [4.69, 9.17) is 5.26 Å². The van der Waals surface area contributed by atoms with Crippen LogP contribution in [-0.2, 0) is 11.2 Å². The van der Waals surface area contributed by atoms with E-state index in [2.05, 4.69) is 5.32 Å². The molecule has 6 heteroatoms. The van der Waals surface area contributed by atoms with Crippen molar-refractivity contribution in [2.24, 2.45) is 0 Å². The van der Waals surface area contributed by atoms with E-state index >= 15 is 0 Å². The number of carbonyl (C=O) groups excluding carboxylic acids is 1. The van der Waals surface area contributed by atoms with Crippen molar-refractivity contribution in [3.05, 3.63) is 35.4 Å². The Morgan fingerprint density at radius 1 is 1.32 bits per heavy atom. The van der Waals surface area contributed by atoms with Gasteiger partial charge in [0.05, 0.1) is 18.1 Å². The number of nitrogens with zero attached hydrogens (tertiary/aromatic N) is 1. The molecule has 0 spiro atoms. The van der Waals surface area contributed by atoms with Crippen molar-refractivity contribution in [2.45, 2.75) is 31.0 Å². The summed E-state index contributed by atoms with van der Waals surface area (Å²) >= 11 is 0. The van der Waals surface area contributed by atoms with Gasteiger partial charge in [-0.1, -0.05) is 12.1 Å². The van der Waals surface area contributed by atoms with Gasteiger partial charge in [0.15, 0.2) is 0 Å². The Balaban J connectivity index is 1.97. The molecule has 1 N–H and O–H groups in total. The third-order valence-electron chi connectivity index (χ3n) is 3.12. The molecule has 0 heterocycles. The van der Waals surface area contributed by atoms with E-state index in [0.29, 0.717) is 11.1 Å². The molecule has 3 nitrogen and oxygen atoms in total. The number of nitriles is 1. The van der Waals surface area contributed by atoms with E-state index in [-0.39, 0.29) is 19.3 Å². The molecule has 1 saturated carbocycles. The Morgan fingerprint density at radius 3 is 2.32 bits per heavy atom. The maximum atomic E-state index is 12.6. The zero-order valence-corrected chi connectivity index (χ0v) is 9.92. The minimum absolute atomic E-state index is 0.0599. The quantitative estimate of drug-likeness (QED) is 0.914. The van der Waals surface area contributed by atoms with Gasteiger partial charge in [-0.3, -0.25) is 4.79 Å². The van der Waals surface area contributed by atoms with Gasteiger partial charge in [-0.25, -0.2) is 0 Å². The van der Waals surface area contributed by atoms with Crippen LogP contribution in [0.4, 0.5) is 13.2 Å². The third kappa shape index (κ3) is 2.87. The molecular formula is C13H11F3N2O. The number of rotatable bonds is 3. The number of nitrogens with one attached hydrogen (secondary N) is 1. The molecule has 0 radical (unpaired) electrons. The maximum absolute atomic E-state index is 12.6. The predicted octanol–water partition coefficient (Wildman–Crippen LogP) is 2.31. The van der Waals surface area contributed by atoms with Crippen LogP contribution in [0.25, 0.3) is 0 Å². The van der Waals surface area contributed by atoms with E-state index < -0.39 is 17.6 Å². The van der Waals surface area contributed by atoms with E-state index in [1.807, 2.05) is 6.07 Å². The van der Waals surface area contributed by atoms with Crippen molar-refractivity contribution < 1.29 is 18.0 Å². The molecule has 19 heavy (non-hydrogen) atoms. The topological polar surface area (TPSA) is 52.9 Å². The average molecular weight is 268 g/mol. The Kier molecular flexibility index (Phi) is 3.23. The van der Waals surface area contributed by atoms with Gasteiger partial charge in [-0.15, -0.1) is 0 Å². The summed E-state index contributed by atoms with van der Waals surface area (Å²) in [6, 6.07) is 8.10. The second-order valence-corrected chi connectivity index (χ2v) is 4.61. The molecule has 0 bridgehead atoms. The van der Waals surface area contributed by atoms with E-state index in [1.54, 1.807) is 12.1 Å². The highest BCUT2D eigenvalue weighted by atomic mass is 19.4. The Labute approximate surface area is 108 Å². The molecule has 0 aliphatic heterocycles. The number of carbonyl (C=O) groups is 1. The fourth-order valence-corrected chi connectivity index (χ4v) is 1.80. The standard InChI is InChI=1S/C13H11F3N2O/c14-13(15,16)12(5-6-12)18-11(19)7-9-1-3-10(8-17)4-2-9/h1-4H,5-7H2,(H,18,19). The lowest BCUT2D eigenvalue weighted by atomic mass is 10.1. The fourth-order valence-electron chi connectivity index (χ4n) is 1.80. The van der Waals surface area contributed by atoms with Gasteiger partial charge in [0, 0.05) is 0 Å². The minimum Gasteiger partial charge on any atom is -0.342 e. The highest BCUT2D eigenvalue weighted by molar-refractivity contribution is 5.80. The second kappa shape index (κ2) is 4.57. The van der Waals surface area contributed by atoms with Crippen LogP contribution in [-0.4, -0.2) is 17.6 Å². The molecule has 1 aliphatic rings. The Hall–Kier alpha value is -2.03.